The third kappa shape index (κ3) is 1.85. The molecule has 1 aromatic rings. The van der Waals surface area contributed by atoms with Crippen LogP contribution >= 0.6 is 21.6 Å². The summed E-state index contributed by atoms with van der Waals surface area (Å²) in [4.78, 5) is 27.9. The number of hydrogen-bond donors (Lipinski definition) is 0. The lowest BCUT2D eigenvalue weighted by atomic mass is 9.79. The maximum Gasteiger partial charge on any atom is 0.261 e. The highest BCUT2D eigenvalue weighted by atomic mass is 33.1. The molecule has 4 fully saturated rings. The fourth-order valence-electron chi connectivity index (χ4n) is 4.50. The summed E-state index contributed by atoms with van der Waals surface area (Å²) in [7, 11) is 4.49. The summed E-state index contributed by atoms with van der Waals surface area (Å²) in [6, 6.07) is 7.35. The lowest BCUT2D eigenvalue weighted by Gasteiger charge is -2.57. The summed E-state index contributed by atoms with van der Waals surface area (Å²) in [6.07, 6.45) is 0.290. The zero-order chi connectivity index (χ0) is 19.2. The average Bonchev–Trinajstić information content (AvgIpc) is 3.23. The summed E-state index contributed by atoms with van der Waals surface area (Å²) >= 11 is 0. The first-order chi connectivity index (χ1) is 12.8. The van der Waals surface area contributed by atoms with Crippen LogP contribution in [0.15, 0.2) is 18.2 Å². The Morgan fingerprint density at radius 2 is 1.93 bits per heavy atom. The second-order valence-corrected chi connectivity index (χ2v) is 10.5. The highest BCUT2D eigenvalue weighted by Gasteiger charge is 2.74. The van der Waals surface area contributed by atoms with Gasteiger partial charge in [0.2, 0.25) is 6.79 Å². The van der Waals surface area contributed by atoms with Crippen molar-refractivity contribution in [2.75, 3.05) is 13.8 Å². The van der Waals surface area contributed by atoms with E-state index < -0.39 is 21.2 Å². The zero-order valence-electron chi connectivity index (χ0n) is 15.0. The average molecular weight is 403 g/mol. The Morgan fingerprint density at radius 3 is 2.67 bits per heavy atom. The summed E-state index contributed by atoms with van der Waals surface area (Å²) in [5, 5.41) is 10.0. The number of nitriles is 1. The van der Waals surface area contributed by atoms with Crippen molar-refractivity contribution < 1.29 is 19.1 Å². The van der Waals surface area contributed by atoms with E-state index in [1.165, 1.54) is 26.5 Å². The molecule has 5 aliphatic heterocycles. The fraction of sp³-hybridized carbons (Fsp3) is 0.500. The minimum absolute atomic E-state index is 0.113. The molecule has 9 heteroatoms. The van der Waals surface area contributed by atoms with Crippen molar-refractivity contribution in [1.29, 1.82) is 5.26 Å². The van der Waals surface area contributed by atoms with Crippen LogP contribution in [-0.4, -0.2) is 45.2 Å². The maximum absolute atomic E-state index is 13.5. The van der Waals surface area contributed by atoms with Gasteiger partial charge in [-0.2, -0.15) is 5.26 Å². The molecule has 0 saturated carbocycles. The number of rotatable bonds is 1. The quantitative estimate of drug-likeness (QED) is 0.666. The predicted molar refractivity (Wildman–Crippen MR) is 99.6 cm³/mol. The number of carbonyl (C=O) groups is 2. The number of carbonyl (C=O) groups excluding carboxylic acids is 2. The van der Waals surface area contributed by atoms with E-state index in [9.17, 15) is 14.9 Å². The molecule has 7 nitrogen and oxygen atoms in total. The molecule has 0 N–H and O–H groups in total. The molecule has 2 unspecified atom stereocenters. The smallest absolute Gasteiger partial charge is 0.261 e. The van der Waals surface area contributed by atoms with Crippen LogP contribution in [0.1, 0.15) is 31.9 Å². The SMILES string of the molecule is CN1C(=O)C23C[C@@](C)(C#N)C(c4ccc5c(c4)OCO5)N2C(=O)[C@@]1(C)SS3. The Bertz CT molecular complexity index is 949. The molecule has 0 aromatic heterocycles. The van der Waals surface area contributed by atoms with Gasteiger partial charge in [-0.05, 0) is 31.5 Å². The van der Waals surface area contributed by atoms with Crippen LogP contribution in [0.25, 0.3) is 0 Å². The Labute approximate surface area is 164 Å². The van der Waals surface area contributed by atoms with Gasteiger partial charge in [0.1, 0.15) is 0 Å². The number of fused-ring (bicyclic) bond motifs is 3. The zero-order valence-corrected chi connectivity index (χ0v) is 16.6. The number of nitrogens with zero attached hydrogens (tertiary/aromatic N) is 3. The number of ether oxygens (including phenoxy) is 2. The lowest BCUT2D eigenvalue weighted by molar-refractivity contribution is -0.164. The van der Waals surface area contributed by atoms with Crippen LogP contribution in [0.3, 0.4) is 0 Å². The van der Waals surface area contributed by atoms with Crippen LogP contribution in [0.5, 0.6) is 11.5 Å². The highest BCUT2D eigenvalue weighted by molar-refractivity contribution is 8.78. The Morgan fingerprint density at radius 1 is 1.19 bits per heavy atom. The first kappa shape index (κ1) is 17.1. The Hall–Kier alpha value is -2.05. The van der Waals surface area contributed by atoms with Crippen molar-refractivity contribution in [3.8, 4) is 17.6 Å². The van der Waals surface area contributed by atoms with E-state index in [1.807, 2.05) is 19.1 Å². The molecule has 0 aliphatic carbocycles. The highest BCUT2D eigenvalue weighted by Crippen LogP contribution is 2.69. The summed E-state index contributed by atoms with van der Waals surface area (Å²) in [5.41, 5.74) is -0.117. The molecule has 140 valence electrons. The van der Waals surface area contributed by atoms with Crippen molar-refractivity contribution in [3.63, 3.8) is 0 Å². The molecule has 5 heterocycles. The maximum atomic E-state index is 13.5. The van der Waals surface area contributed by atoms with Gasteiger partial charge in [-0.3, -0.25) is 9.59 Å². The number of piperazine rings is 1. The molecular weight excluding hydrogens is 386 g/mol. The molecule has 4 saturated heterocycles. The van der Waals surface area contributed by atoms with Crippen molar-refractivity contribution in [2.45, 2.75) is 36.1 Å². The standard InChI is InChI=1S/C18H17N3O4S2/c1-16(8-19)7-18-15(23)20(3)17(2,26-27-18)14(22)21(18)13(16)10-4-5-11-12(6-10)25-9-24-11/h4-6,13H,7,9H2,1-3H3/t13?,16-,17+,18?/m0/s1. The second-order valence-electron chi connectivity index (χ2n) is 7.69. The van der Waals surface area contributed by atoms with Gasteiger partial charge in [-0.1, -0.05) is 27.7 Å². The number of likely N-dealkylation sites (N-methyl/N-ethyl adjacent to an activating group) is 1. The lowest BCUT2D eigenvalue weighted by Crippen LogP contribution is -2.73. The third-order valence-corrected chi connectivity index (χ3v) is 9.76. The Balaban J connectivity index is 1.71. The normalized spacial score (nSPS) is 39.0. The number of benzene rings is 1. The fourth-order valence-corrected chi connectivity index (χ4v) is 8.08. The Kier molecular flexibility index (Phi) is 3.20. The molecule has 2 amide bonds. The minimum Gasteiger partial charge on any atom is -0.454 e. The van der Waals surface area contributed by atoms with Gasteiger partial charge in [-0.15, -0.1) is 0 Å². The molecule has 5 aliphatic rings. The van der Waals surface area contributed by atoms with Crippen LogP contribution in [-0.2, 0) is 9.59 Å². The van der Waals surface area contributed by atoms with Gasteiger partial charge >= 0.3 is 0 Å². The van der Waals surface area contributed by atoms with E-state index in [1.54, 1.807) is 24.9 Å². The summed E-state index contributed by atoms with van der Waals surface area (Å²) < 4.78 is 10.9. The molecule has 27 heavy (non-hydrogen) atoms. The van der Waals surface area contributed by atoms with E-state index in [-0.39, 0.29) is 25.0 Å². The second kappa shape index (κ2) is 5.06. The number of amides is 2. The van der Waals surface area contributed by atoms with E-state index in [0.717, 1.165) is 5.56 Å². The van der Waals surface area contributed by atoms with Crippen molar-refractivity contribution in [3.05, 3.63) is 23.8 Å². The van der Waals surface area contributed by atoms with Crippen LogP contribution < -0.4 is 9.47 Å². The van der Waals surface area contributed by atoms with Gasteiger partial charge in [0.15, 0.2) is 21.2 Å². The van der Waals surface area contributed by atoms with Gasteiger partial charge in [0, 0.05) is 13.5 Å². The number of hydrogen-bond acceptors (Lipinski definition) is 7. The van der Waals surface area contributed by atoms with Crippen molar-refractivity contribution in [1.82, 2.24) is 9.80 Å². The van der Waals surface area contributed by atoms with Gasteiger partial charge in [-0.25, -0.2) is 0 Å². The summed E-state index contributed by atoms with van der Waals surface area (Å²) in [6.45, 7) is 3.75. The predicted octanol–water partition coefficient (Wildman–Crippen LogP) is 2.50. The van der Waals surface area contributed by atoms with E-state index in [4.69, 9.17) is 9.47 Å². The summed E-state index contributed by atoms with van der Waals surface area (Å²) in [5.74, 6) is 0.998. The molecular formula is C18H17N3O4S2. The molecule has 6 rings (SSSR count). The molecule has 2 bridgehead atoms. The first-order valence-electron chi connectivity index (χ1n) is 8.56. The van der Waals surface area contributed by atoms with Crippen LogP contribution in [0.4, 0.5) is 0 Å². The van der Waals surface area contributed by atoms with E-state index >= 15 is 0 Å². The van der Waals surface area contributed by atoms with E-state index in [0.29, 0.717) is 11.5 Å². The van der Waals surface area contributed by atoms with Gasteiger partial charge in [0.25, 0.3) is 11.8 Å². The monoisotopic (exact) mass is 403 g/mol. The third-order valence-electron chi connectivity index (χ3n) is 6.06. The molecule has 1 spiro atoms. The van der Waals surface area contributed by atoms with Crippen molar-refractivity contribution in [2.24, 2.45) is 5.41 Å². The van der Waals surface area contributed by atoms with Crippen molar-refractivity contribution >= 4 is 33.4 Å². The van der Waals surface area contributed by atoms with Gasteiger partial charge in [0.05, 0.1) is 17.5 Å². The molecule has 0 radical (unpaired) electrons. The van der Waals surface area contributed by atoms with E-state index in [2.05, 4.69) is 6.07 Å². The van der Waals surface area contributed by atoms with Crippen LogP contribution in [0.2, 0.25) is 0 Å². The minimum atomic E-state index is -1.06. The largest absolute Gasteiger partial charge is 0.454 e. The van der Waals surface area contributed by atoms with Crippen LogP contribution in [0, 0.1) is 16.7 Å². The molecule has 1 aromatic carbocycles. The first-order valence-corrected chi connectivity index (χ1v) is 10.7. The molecule has 4 atom stereocenters. The topological polar surface area (TPSA) is 82.9 Å². The van der Waals surface area contributed by atoms with Gasteiger partial charge < -0.3 is 19.3 Å².